The van der Waals surface area contributed by atoms with E-state index in [0.717, 1.165) is 31.2 Å². The van der Waals surface area contributed by atoms with Crippen molar-refractivity contribution >= 4 is 41.5 Å². The average molecular weight is 489 g/mol. The van der Waals surface area contributed by atoms with Crippen molar-refractivity contribution in [3.8, 4) is 5.75 Å². The van der Waals surface area contributed by atoms with Gasteiger partial charge in [-0.2, -0.15) is 0 Å². The van der Waals surface area contributed by atoms with Gasteiger partial charge in [0, 0.05) is 31.4 Å². The Morgan fingerprint density at radius 1 is 1.19 bits per heavy atom. The smallest absolute Gasteiger partial charge is 0.191 e. The lowest BCUT2D eigenvalue weighted by Crippen LogP contribution is -2.39. The van der Waals surface area contributed by atoms with Crippen LogP contribution >= 0.6 is 35.6 Å². The van der Waals surface area contributed by atoms with Gasteiger partial charge in [-0.25, -0.2) is 4.99 Å². The zero-order valence-corrected chi connectivity index (χ0v) is 18.2. The number of para-hydroxylation sites is 1. The van der Waals surface area contributed by atoms with E-state index in [4.69, 9.17) is 16.3 Å². The molecule has 142 valence electrons. The standard InChI is InChI=1S/C19H25ClN4O.HI/c1-3-21-19(23-13-11-16-8-6-7-12-22-16)24-14-15(2)25-18-10-5-4-9-17(18)20;/h4-10,12,15H,3,11,13-14H2,1-2H3,(H2,21,23,24);1H. The molecule has 0 saturated carbocycles. The van der Waals surface area contributed by atoms with Crippen LogP contribution in [0.5, 0.6) is 5.75 Å². The fourth-order valence-electron chi connectivity index (χ4n) is 2.21. The summed E-state index contributed by atoms with van der Waals surface area (Å²) in [6.07, 6.45) is 2.57. The largest absolute Gasteiger partial charge is 0.487 e. The zero-order chi connectivity index (χ0) is 17.9. The number of halogens is 2. The highest BCUT2D eigenvalue weighted by Crippen LogP contribution is 2.24. The number of hydrogen-bond acceptors (Lipinski definition) is 3. The maximum atomic E-state index is 6.12. The molecule has 7 heteroatoms. The van der Waals surface area contributed by atoms with Gasteiger partial charge < -0.3 is 15.4 Å². The Morgan fingerprint density at radius 2 is 1.96 bits per heavy atom. The summed E-state index contributed by atoms with van der Waals surface area (Å²) in [7, 11) is 0. The molecule has 0 spiro atoms. The fourth-order valence-corrected chi connectivity index (χ4v) is 2.39. The lowest BCUT2D eigenvalue weighted by Gasteiger charge is -2.16. The molecule has 0 saturated heterocycles. The van der Waals surface area contributed by atoms with Gasteiger partial charge in [-0.05, 0) is 38.1 Å². The number of aromatic nitrogens is 1. The molecular formula is C19H26ClIN4O. The molecular weight excluding hydrogens is 463 g/mol. The van der Waals surface area contributed by atoms with Crippen molar-refractivity contribution in [1.29, 1.82) is 0 Å². The first-order valence-electron chi connectivity index (χ1n) is 8.52. The first kappa shape index (κ1) is 22.5. The van der Waals surface area contributed by atoms with Crippen molar-refractivity contribution in [2.24, 2.45) is 4.99 Å². The molecule has 1 atom stereocenters. The highest BCUT2D eigenvalue weighted by Gasteiger charge is 2.07. The van der Waals surface area contributed by atoms with E-state index < -0.39 is 0 Å². The molecule has 5 nitrogen and oxygen atoms in total. The number of hydrogen-bond donors (Lipinski definition) is 2. The van der Waals surface area contributed by atoms with E-state index in [9.17, 15) is 0 Å². The maximum Gasteiger partial charge on any atom is 0.191 e. The van der Waals surface area contributed by atoms with Crippen LogP contribution in [0.1, 0.15) is 19.5 Å². The Labute approximate surface area is 177 Å². The number of benzene rings is 1. The molecule has 1 aromatic carbocycles. The number of ether oxygens (including phenoxy) is 1. The van der Waals surface area contributed by atoms with Gasteiger partial charge in [0.2, 0.25) is 0 Å². The molecule has 0 aliphatic heterocycles. The van der Waals surface area contributed by atoms with Gasteiger partial charge in [-0.3, -0.25) is 4.98 Å². The van der Waals surface area contributed by atoms with E-state index >= 15 is 0 Å². The second-order valence-corrected chi connectivity index (χ2v) is 5.98. The summed E-state index contributed by atoms with van der Waals surface area (Å²) in [5.74, 6) is 1.45. The summed E-state index contributed by atoms with van der Waals surface area (Å²) in [5, 5.41) is 7.16. The van der Waals surface area contributed by atoms with Crippen molar-refractivity contribution in [3.63, 3.8) is 0 Å². The highest BCUT2D eigenvalue weighted by atomic mass is 127. The molecule has 0 aliphatic rings. The van der Waals surface area contributed by atoms with E-state index in [-0.39, 0.29) is 30.1 Å². The Kier molecular flexibility index (Phi) is 11.0. The van der Waals surface area contributed by atoms with Crippen LogP contribution in [0, 0.1) is 0 Å². The number of pyridine rings is 1. The van der Waals surface area contributed by atoms with E-state index in [2.05, 4.69) is 20.6 Å². The van der Waals surface area contributed by atoms with Crippen LogP contribution in [0.2, 0.25) is 5.02 Å². The number of rotatable bonds is 8. The van der Waals surface area contributed by atoms with Crippen molar-refractivity contribution in [3.05, 3.63) is 59.4 Å². The number of nitrogens with one attached hydrogen (secondary N) is 2. The van der Waals surface area contributed by atoms with Crippen LogP contribution in [-0.2, 0) is 6.42 Å². The van der Waals surface area contributed by atoms with Crippen LogP contribution in [0.25, 0.3) is 0 Å². The third-order valence-electron chi connectivity index (χ3n) is 3.42. The topological polar surface area (TPSA) is 58.5 Å². The molecule has 1 heterocycles. The summed E-state index contributed by atoms with van der Waals surface area (Å²) < 4.78 is 5.84. The van der Waals surface area contributed by atoms with E-state index in [1.165, 1.54) is 0 Å². The van der Waals surface area contributed by atoms with Crippen LogP contribution in [0.4, 0.5) is 0 Å². The lowest BCUT2D eigenvalue weighted by molar-refractivity contribution is 0.230. The molecule has 1 unspecified atom stereocenters. The predicted octanol–water partition coefficient (Wildman–Crippen LogP) is 3.92. The third-order valence-corrected chi connectivity index (χ3v) is 3.73. The molecule has 0 radical (unpaired) electrons. The van der Waals surface area contributed by atoms with Gasteiger partial charge in [0.1, 0.15) is 11.9 Å². The second-order valence-electron chi connectivity index (χ2n) is 5.58. The summed E-state index contributed by atoms with van der Waals surface area (Å²) in [5.41, 5.74) is 1.06. The quantitative estimate of drug-likeness (QED) is 0.336. The summed E-state index contributed by atoms with van der Waals surface area (Å²) in [6, 6.07) is 13.4. The second kappa shape index (κ2) is 12.8. The lowest BCUT2D eigenvalue weighted by atomic mass is 10.3. The Hall–Kier alpha value is -1.54. The third kappa shape index (κ3) is 8.23. The predicted molar refractivity (Wildman–Crippen MR) is 119 cm³/mol. The van der Waals surface area contributed by atoms with Crippen LogP contribution in [0.15, 0.2) is 53.7 Å². The minimum atomic E-state index is -0.0776. The first-order valence-corrected chi connectivity index (χ1v) is 8.90. The monoisotopic (exact) mass is 488 g/mol. The maximum absolute atomic E-state index is 6.12. The molecule has 1 aromatic heterocycles. The highest BCUT2D eigenvalue weighted by molar-refractivity contribution is 14.0. The zero-order valence-electron chi connectivity index (χ0n) is 15.1. The molecule has 2 N–H and O–H groups in total. The van der Waals surface area contributed by atoms with E-state index in [1.807, 2.05) is 62.5 Å². The Morgan fingerprint density at radius 3 is 2.65 bits per heavy atom. The van der Waals surface area contributed by atoms with Gasteiger partial charge in [0.25, 0.3) is 0 Å². The molecule has 0 amide bonds. The number of nitrogens with zero attached hydrogens (tertiary/aromatic N) is 2. The molecule has 0 aliphatic carbocycles. The SMILES string of the molecule is CCNC(=NCC(C)Oc1ccccc1Cl)NCCc1ccccn1.I. The van der Waals surface area contributed by atoms with Crippen LogP contribution < -0.4 is 15.4 Å². The fraction of sp³-hybridized carbons (Fsp3) is 0.368. The number of guanidine groups is 1. The van der Waals surface area contributed by atoms with E-state index in [0.29, 0.717) is 17.3 Å². The first-order chi connectivity index (χ1) is 12.2. The van der Waals surface area contributed by atoms with Crippen molar-refractivity contribution < 1.29 is 4.74 Å². The minimum absolute atomic E-state index is 0. The average Bonchev–Trinajstić information content (AvgIpc) is 2.62. The molecule has 0 bridgehead atoms. The van der Waals surface area contributed by atoms with Crippen molar-refractivity contribution in [2.75, 3.05) is 19.6 Å². The van der Waals surface area contributed by atoms with Crippen molar-refractivity contribution in [1.82, 2.24) is 15.6 Å². The minimum Gasteiger partial charge on any atom is -0.487 e. The van der Waals surface area contributed by atoms with Gasteiger partial charge >= 0.3 is 0 Å². The summed E-state index contributed by atoms with van der Waals surface area (Å²) in [4.78, 5) is 8.89. The van der Waals surface area contributed by atoms with Crippen LogP contribution in [-0.4, -0.2) is 36.7 Å². The number of aliphatic imine (C=N–C) groups is 1. The molecule has 2 rings (SSSR count). The van der Waals surface area contributed by atoms with E-state index in [1.54, 1.807) is 0 Å². The summed E-state index contributed by atoms with van der Waals surface area (Å²) >= 11 is 6.12. The molecule has 0 fully saturated rings. The van der Waals surface area contributed by atoms with Gasteiger partial charge in [-0.15, -0.1) is 24.0 Å². The summed E-state index contributed by atoms with van der Waals surface area (Å²) in [6.45, 7) is 6.12. The van der Waals surface area contributed by atoms with Crippen molar-refractivity contribution in [2.45, 2.75) is 26.4 Å². The van der Waals surface area contributed by atoms with Crippen LogP contribution in [0.3, 0.4) is 0 Å². The Bertz CT molecular complexity index is 670. The van der Waals surface area contributed by atoms with Gasteiger partial charge in [-0.1, -0.05) is 29.8 Å². The normalized spacial score (nSPS) is 12.0. The Balaban J connectivity index is 0.00000338. The van der Waals surface area contributed by atoms with Gasteiger partial charge in [0.05, 0.1) is 11.6 Å². The molecule has 26 heavy (non-hydrogen) atoms. The molecule has 2 aromatic rings. The van der Waals surface area contributed by atoms with Gasteiger partial charge in [0.15, 0.2) is 5.96 Å².